The molecule has 32 heavy (non-hydrogen) atoms. The Hall–Kier alpha value is -3.71. The summed E-state index contributed by atoms with van der Waals surface area (Å²) in [4.78, 5) is 25.9. The molecule has 0 unspecified atom stereocenters. The third-order valence-electron chi connectivity index (χ3n) is 5.15. The highest BCUT2D eigenvalue weighted by Gasteiger charge is 2.30. The molecule has 1 heterocycles. The van der Waals surface area contributed by atoms with Gasteiger partial charge in [0.2, 0.25) is 0 Å². The summed E-state index contributed by atoms with van der Waals surface area (Å²) in [7, 11) is 1.52. The van der Waals surface area contributed by atoms with Crippen LogP contribution in [0.1, 0.15) is 18.1 Å². The lowest BCUT2D eigenvalue weighted by Gasteiger charge is -2.25. The van der Waals surface area contributed by atoms with E-state index >= 15 is 0 Å². The molecule has 0 aliphatic carbocycles. The van der Waals surface area contributed by atoms with E-state index in [0.29, 0.717) is 30.3 Å². The second kappa shape index (κ2) is 9.20. The van der Waals surface area contributed by atoms with Crippen molar-refractivity contribution in [2.24, 2.45) is 0 Å². The Labute approximate surface area is 191 Å². The summed E-state index contributed by atoms with van der Waals surface area (Å²) in [6.07, 6.45) is 1.52. The number of hydrogen-bond acceptors (Lipinski definition) is 5. The molecule has 4 rings (SSSR count). The predicted octanol–water partition coefficient (Wildman–Crippen LogP) is 4.07. The van der Waals surface area contributed by atoms with Gasteiger partial charge in [0.05, 0.1) is 6.61 Å². The van der Waals surface area contributed by atoms with Crippen LogP contribution >= 0.6 is 12.2 Å². The van der Waals surface area contributed by atoms with Gasteiger partial charge in [-0.1, -0.05) is 48.5 Å². The SMILES string of the molecule is CCOc1cc(/C=C2\C(=O)NC(=S)N(C)C2=O)ccc1OCc1cccc2ccccc12. The van der Waals surface area contributed by atoms with Crippen LogP contribution in [0.3, 0.4) is 0 Å². The monoisotopic (exact) mass is 446 g/mol. The van der Waals surface area contributed by atoms with Crippen molar-refractivity contribution in [1.29, 1.82) is 0 Å². The number of hydrogen-bond donors (Lipinski definition) is 1. The molecule has 0 aromatic heterocycles. The number of benzene rings is 3. The zero-order chi connectivity index (χ0) is 22.7. The van der Waals surface area contributed by atoms with E-state index in [1.165, 1.54) is 18.0 Å². The van der Waals surface area contributed by atoms with E-state index in [1.54, 1.807) is 18.2 Å². The van der Waals surface area contributed by atoms with E-state index in [4.69, 9.17) is 21.7 Å². The summed E-state index contributed by atoms with van der Waals surface area (Å²) in [5.74, 6) is 0.148. The molecular weight excluding hydrogens is 424 g/mol. The first-order chi connectivity index (χ1) is 15.5. The average Bonchev–Trinajstić information content (AvgIpc) is 2.80. The van der Waals surface area contributed by atoms with E-state index in [1.807, 2.05) is 31.2 Å². The van der Waals surface area contributed by atoms with Crippen molar-refractivity contribution in [3.63, 3.8) is 0 Å². The zero-order valence-corrected chi connectivity index (χ0v) is 18.6. The van der Waals surface area contributed by atoms with Gasteiger partial charge in [0.1, 0.15) is 12.2 Å². The van der Waals surface area contributed by atoms with Crippen LogP contribution in [-0.4, -0.2) is 35.5 Å². The fourth-order valence-electron chi connectivity index (χ4n) is 3.49. The number of nitrogens with one attached hydrogen (secondary N) is 1. The van der Waals surface area contributed by atoms with Crippen LogP contribution in [0.15, 0.2) is 66.2 Å². The van der Waals surface area contributed by atoms with Crippen LogP contribution in [0.2, 0.25) is 0 Å². The number of rotatable bonds is 6. The van der Waals surface area contributed by atoms with Crippen LogP contribution in [0, 0.1) is 0 Å². The Kier molecular flexibility index (Phi) is 6.18. The van der Waals surface area contributed by atoms with Crippen LogP contribution in [0.5, 0.6) is 11.5 Å². The number of nitrogens with zero attached hydrogens (tertiary/aromatic N) is 1. The minimum atomic E-state index is -0.521. The lowest BCUT2D eigenvalue weighted by molar-refractivity contribution is -0.128. The lowest BCUT2D eigenvalue weighted by atomic mass is 10.1. The molecule has 1 N–H and O–H groups in total. The molecule has 6 nitrogen and oxygen atoms in total. The molecule has 162 valence electrons. The number of carbonyl (C=O) groups is 2. The molecule has 7 heteroatoms. The van der Waals surface area contributed by atoms with Gasteiger partial charge in [-0.2, -0.15) is 0 Å². The number of likely N-dealkylation sites (N-methyl/N-ethyl adjacent to an activating group) is 1. The first kappa shape index (κ1) is 21.5. The fraction of sp³-hybridized carbons (Fsp3) is 0.160. The average molecular weight is 447 g/mol. The molecule has 0 atom stereocenters. The molecule has 2 amide bonds. The Balaban J connectivity index is 1.60. The van der Waals surface area contributed by atoms with Gasteiger partial charge in [-0.15, -0.1) is 0 Å². The minimum absolute atomic E-state index is 0.00738. The molecule has 1 aliphatic rings. The summed E-state index contributed by atoms with van der Waals surface area (Å²) in [6.45, 7) is 2.71. The minimum Gasteiger partial charge on any atom is -0.490 e. The molecule has 0 bridgehead atoms. The van der Waals surface area contributed by atoms with Gasteiger partial charge in [0, 0.05) is 7.05 Å². The van der Waals surface area contributed by atoms with Crippen molar-refractivity contribution < 1.29 is 19.1 Å². The van der Waals surface area contributed by atoms with Gasteiger partial charge < -0.3 is 9.47 Å². The Morgan fingerprint density at radius 2 is 1.78 bits per heavy atom. The van der Waals surface area contributed by atoms with Crippen molar-refractivity contribution in [2.45, 2.75) is 13.5 Å². The van der Waals surface area contributed by atoms with Crippen molar-refractivity contribution in [3.8, 4) is 11.5 Å². The topological polar surface area (TPSA) is 67.9 Å². The summed E-state index contributed by atoms with van der Waals surface area (Å²) < 4.78 is 11.8. The highest BCUT2D eigenvalue weighted by Crippen LogP contribution is 2.31. The molecule has 1 saturated heterocycles. The number of ether oxygens (including phenoxy) is 2. The number of carbonyl (C=O) groups excluding carboxylic acids is 2. The van der Waals surface area contributed by atoms with Crippen molar-refractivity contribution in [2.75, 3.05) is 13.7 Å². The van der Waals surface area contributed by atoms with Gasteiger partial charge >= 0.3 is 0 Å². The van der Waals surface area contributed by atoms with Crippen LogP contribution in [0.4, 0.5) is 0 Å². The van der Waals surface area contributed by atoms with Gasteiger partial charge in [0.25, 0.3) is 11.8 Å². The van der Waals surface area contributed by atoms with Crippen LogP contribution in [0.25, 0.3) is 16.8 Å². The second-order valence-electron chi connectivity index (χ2n) is 7.25. The molecule has 0 spiro atoms. The molecular formula is C25H22N2O4S. The Morgan fingerprint density at radius 1 is 1.00 bits per heavy atom. The first-order valence-electron chi connectivity index (χ1n) is 10.2. The normalized spacial score (nSPS) is 15.2. The maximum atomic E-state index is 12.4. The molecule has 0 radical (unpaired) electrons. The van der Waals surface area contributed by atoms with E-state index < -0.39 is 11.8 Å². The highest BCUT2D eigenvalue weighted by atomic mass is 32.1. The molecule has 0 saturated carbocycles. The van der Waals surface area contributed by atoms with E-state index in [9.17, 15) is 9.59 Å². The first-order valence-corrected chi connectivity index (χ1v) is 10.6. The number of thiocarbonyl (C=S) groups is 1. The zero-order valence-electron chi connectivity index (χ0n) is 17.8. The fourth-order valence-corrected chi connectivity index (χ4v) is 3.66. The van der Waals surface area contributed by atoms with E-state index in [-0.39, 0.29) is 10.7 Å². The van der Waals surface area contributed by atoms with Crippen LogP contribution in [-0.2, 0) is 16.2 Å². The smallest absolute Gasteiger partial charge is 0.265 e. The standard InChI is InChI=1S/C25H22N2O4S/c1-3-30-22-14-16(13-20-23(28)26-25(32)27(2)24(20)29)11-12-21(22)31-15-18-9-6-8-17-7-4-5-10-19(17)18/h4-14H,3,15H2,1-2H3,(H,26,28,32)/b20-13+. The van der Waals surface area contributed by atoms with Crippen molar-refractivity contribution in [3.05, 3.63) is 77.4 Å². The van der Waals surface area contributed by atoms with E-state index in [0.717, 1.165) is 16.3 Å². The number of fused-ring (bicyclic) bond motifs is 1. The summed E-state index contributed by atoms with van der Waals surface area (Å²) in [5.41, 5.74) is 1.72. The molecule has 3 aromatic carbocycles. The third kappa shape index (κ3) is 4.33. The summed E-state index contributed by atoms with van der Waals surface area (Å²) in [5, 5.41) is 4.89. The largest absolute Gasteiger partial charge is 0.490 e. The Bertz CT molecular complexity index is 1250. The Morgan fingerprint density at radius 3 is 2.59 bits per heavy atom. The second-order valence-corrected chi connectivity index (χ2v) is 7.63. The third-order valence-corrected chi connectivity index (χ3v) is 5.52. The van der Waals surface area contributed by atoms with Gasteiger partial charge in [0.15, 0.2) is 16.6 Å². The molecule has 1 fully saturated rings. The van der Waals surface area contributed by atoms with Crippen LogP contribution < -0.4 is 14.8 Å². The quantitative estimate of drug-likeness (QED) is 0.351. The van der Waals surface area contributed by atoms with Gasteiger partial charge in [-0.25, -0.2) is 0 Å². The van der Waals surface area contributed by atoms with E-state index in [2.05, 4.69) is 23.5 Å². The highest BCUT2D eigenvalue weighted by molar-refractivity contribution is 7.80. The summed E-state index contributed by atoms with van der Waals surface area (Å²) >= 11 is 4.98. The van der Waals surface area contributed by atoms with Crippen molar-refractivity contribution in [1.82, 2.24) is 10.2 Å². The van der Waals surface area contributed by atoms with Gasteiger partial charge in [-0.05, 0) is 59.2 Å². The lowest BCUT2D eigenvalue weighted by Crippen LogP contribution is -2.52. The predicted molar refractivity (Wildman–Crippen MR) is 127 cm³/mol. The maximum Gasteiger partial charge on any atom is 0.265 e. The van der Waals surface area contributed by atoms with Gasteiger partial charge in [-0.3, -0.25) is 19.8 Å². The maximum absolute atomic E-state index is 12.4. The molecule has 3 aromatic rings. The number of amides is 2. The molecule has 1 aliphatic heterocycles. The van der Waals surface area contributed by atoms with Crippen molar-refractivity contribution >= 4 is 46.0 Å². The summed E-state index contributed by atoms with van der Waals surface area (Å²) in [6, 6.07) is 19.6.